The molecule has 2 aromatic carbocycles. The van der Waals surface area contributed by atoms with Gasteiger partial charge in [0.2, 0.25) is 5.91 Å². The van der Waals surface area contributed by atoms with E-state index in [2.05, 4.69) is 35.3 Å². The van der Waals surface area contributed by atoms with Gasteiger partial charge in [-0.15, -0.1) is 0 Å². The minimum Gasteiger partial charge on any atom is -0.361 e. The van der Waals surface area contributed by atoms with Crippen molar-refractivity contribution in [3.05, 3.63) is 77.0 Å². The lowest BCUT2D eigenvalue weighted by Gasteiger charge is -2.26. The number of nitrogens with zero attached hydrogens (tertiary/aromatic N) is 1. The largest absolute Gasteiger partial charge is 0.361 e. The van der Waals surface area contributed by atoms with Crippen molar-refractivity contribution in [1.29, 1.82) is 0 Å². The van der Waals surface area contributed by atoms with Crippen LogP contribution >= 0.6 is 11.6 Å². The SMILES string of the molecule is O=C(CCCc1c[nH]c2ccc(Cl)cc12)N1CC=C(c2ccccc2)CC1. The molecule has 3 nitrogen and oxygen atoms in total. The fraction of sp³-hybridized carbons (Fsp3) is 0.261. The molecule has 0 saturated heterocycles. The van der Waals surface area contributed by atoms with E-state index in [0.29, 0.717) is 13.0 Å². The average molecular weight is 379 g/mol. The van der Waals surface area contributed by atoms with Gasteiger partial charge in [0.25, 0.3) is 0 Å². The molecule has 2 heterocycles. The summed E-state index contributed by atoms with van der Waals surface area (Å²) in [5.74, 6) is 0.247. The van der Waals surface area contributed by atoms with Crippen LogP contribution in [0, 0.1) is 0 Å². The second-order valence-electron chi connectivity index (χ2n) is 7.04. The third-order valence-corrected chi connectivity index (χ3v) is 5.51. The molecule has 0 fully saturated rings. The van der Waals surface area contributed by atoms with E-state index in [1.807, 2.05) is 35.4 Å². The maximum Gasteiger partial charge on any atom is 0.222 e. The summed E-state index contributed by atoms with van der Waals surface area (Å²) in [6.07, 6.45) is 7.47. The molecule has 4 rings (SSSR count). The number of carbonyl (C=O) groups is 1. The van der Waals surface area contributed by atoms with Gasteiger partial charge in [0.15, 0.2) is 0 Å². The van der Waals surface area contributed by atoms with E-state index < -0.39 is 0 Å². The van der Waals surface area contributed by atoms with Gasteiger partial charge < -0.3 is 9.88 Å². The number of aromatic nitrogens is 1. The maximum atomic E-state index is 12.6. The lowest BCUT2D eigenvalue weighted by molar-refractivity contribution is -0.130. The van der Waals surface area contributed by atoms with Crippen molar-refractivity contribution in [1.82, 2.24) is 9.88 Å². The third-order valence-electron chi connectivity index (χ3n) is 5.27. The predicted molar refractivity (Wildman–Crippen MR) is 112 cm³/mol. The van der Waals surface area contributed by atoms with Gasteiger partial charge in [-0.2, -0.15) is 0 Å². The van der Waals surface area contributed by atoms with Crippen molar-refractivity contribution >= 4 is 34.0 Å². The zero-order valence-electron chi connectivity index (χ0n) is 15.2. The van der Waals surface area contributed by atoms with Crippen LogP contribution in [-0.2, 0) is 11.2 Å². The molecule has 27 heavy (non-hydrogen) atoms. The number of hydrogen-bond acceptors (Lipinski definition) is 1. The van der Waals surface area contributed by atoms with Crippen LogP contribution in [0.4, 0.5) is 0 Å². The highest BCUT2D eigenvalue weighted by Crippen LogP contribution is 2.25. The summed E-state index contributed by atoms with van der Waals surface area (Å²) < 4.78 is 0. The van der Waals surface area contributed by atoms with Gasteiger partial charge in [0.1, 0.15) is 0 Å². The standard InChI is InChI=1S/C23H23ClN2O/c24-20-9-10-22-21(15-20)19(16-25-22)7-4-8-23(27)26-13-11-18(12-14-26)17-5-2-1-3-6-17/h1-3,5-6,9-11,15-16,25H,4,7-8,12-14H2. The molecular formula is C23H23ClN2O. The van der Waals surface area contributed by atoms with E-state index in [1.54, 1.807) is 0 Å². The quantitative estimate of drug-likeness (QED) is 0.628. The van der Waals surface area contributed by atoms with Gasteiger partial charge in [-0.3, -0.25) is 4.79 Å². The number of nitrogens with one attached hydrogen (secondary N) is 1. The number of aryl methyl sites for hydroxylation is 1. The molecule has 3 aromatic rings. The summed E-state index contributed by atoms with van der Waals surface area (Å²) in [4.78, 5) is 17.8. The highest BCUT2D eigenvalue weighted by molar-refractivity contribution is 6.31. The summed E-state index contributed by atoms with van der Waals surface area (Å²) >= 11 is 6.11. The molecule has 1 aliphatic rings. The van der Waals surface area contributed by atoms with Crippen molar-refractivity contribution in [3.63, 3.8) is 0 Å². The minimum absolute atomic E-state index is 0.247. The van der Waals surface area contributed by atoms with Crippen LogP contribution in [0.2, 0.25) is 5.02 Å². The second-order valence-corrected chi connectivity index (χ2v) is 7.48. The van der Waals surface area contributed by atoms with Gasteiger partial charge in [0, 0.05) is 41.6 Å². The van der Waals surface area contributed by atoms with Crippen LogP contribution in [0.25, 0.3) is 16.5 Å². The van der Waals surface area contributed by atoms with E-state index in [0.717, 1.165) is 41.7 Å². The van der Waals surface area contributed by atoms with E-state index in [1.165, 1.54) is 16.7 Å². The fourth-order valence-corrected chi connectivity index (χ4v) is 3.93. The molecule has 0 bridgehead atoms. The molecule has 0 aliphatic carbocycles. The van der Waals surface area contributed by atoms with Crippen molar-refractivity contribution in [2.75, 3.05) is 13.1 Å². The Morgan fingerprint density at radius 2 is 2.00 bits per heavy atom. The fourth-order valence-electron chi connectivity index (χ4n) is 3.76. The number of amides is 1. The number of halogens is 1. The van der Waals surface area contributed by atoms with Crippen LogP contribution in [0.5, 0.6) is 0 Å². The highest BCUT2D eigenvalue weighted by atomic mass is 35.5. The Bertz CT molecular complexity index is 974. The Balaban J connectivity index is 1.31. The van der Waals surface area contributed by atoms with Crippen LogP contribution in [0.15, 0.2) is 60.8 Å². The van der Waals surface area contributed by atoms with Gasteiger partial charge in [-0.1, -0.05) is 48.0 Å². The summed E-state index contributed by atoms with van der Waals surface area (Å²) in [6.45, 7) is 1.52. The van der Waals surface area contributed by atoms with Gasteiger partial charge >= 0.3 is 0 Å². The number of H-pyrrole nitrogens is 1. The van der Waals surface area contributed by atoms with Crippen LogP contribution < -0.4 is 0 Å². The number of rotatable bonds is 5. The highest BCUT2D eigenvalue weighted by Gasteiger charge is 2.17. The zero-order chi connectivity index (χ0) is 18.6. The van der Waals surface area contributed by atoms with Gasteiger partial charge in [0.05, 0.1) is 0 Å². The van der Waals surface area contributed by atoms with Crippen molar-refractivity contribution in [2.24, 2.45) is 0 Å². The Morgan fingerprint density at radius 3 is 2.78 bits per heavy atom. The van der Waals surface area contributed by atoms with Crippen LogP contribution in [0.1, 0.15) is 30.4 Å². The van der Waals surface area contributed by atoms with Gasteiger partial charge in [-0.25, -0.2) is 0 Å². The predicted octanol–water partition coefficient (Wildman–Crippen LogP) is 5.46. The topological polar surface area (TPSA) is 36.1 Å². The van der Waals surface area contributed by atoms with Crippen molar-refractivity contribution in [2.45, 2.75) is 25.7 Å². The van der Waals surface area contributed by atoms with Crippen LogP contribution in [-0.4, -0.2) is 28.9 Å². The zero-order valence-corrected chi connectivity index (χ0v) is 16.0. The van der Waals surface area contributed by atoms with E-state index in [9.17, 15) is 4.79 Å². The molecule has 4 heteroatoms. The van der Waals surface area contributed by atoms with Gasteiger partial charge in [-0.05, 0) is 54.2 Å². The molecule has 1 aromatic heterocycles. The Kier molecular flexibility index (Phi) is 5.30. The Hall–Kier alpha value is -2.52. The first kappa shape index (κ1) is 17.9. The molecular weight excluding hydrogens is 356 g/mol. The Morgan fingerprint density at radius 1 is 1.15 bits per heavy atom. The molecule has 0 radical (unpaired) electrons. The molecule has 1 N–H and O–H groups in total. The van der Waals surface area contributed by atoms with Crippen molar-refractivity contribution < 1.29 is 4.79 Å². The van der Waals surface area contributed by atoms with Crippen molar-refractivity contribution in [3.8, 4) is 0 Å². The number of benzene rings is 2. The van der Waals surface area contributed by atoms with Crippen LogP contribution in [0.3, 0.4) is 0 Å². The molecule has 0 saturated carbocycles. The molecule has 0 spiro atoms. The van der Waals surface area contributed by atoms with E-state index >= 15 is 0 Å². The summed E-state index contributed by atoms with van der Waals surface area (Å²) in [7, 11) is 0. The first-order valence-electron chi connectivity index (χ1n) is 9.48. The Labute approximate surface area is 164 Å². The normalized spacial score (nSPS) is 14.4. The van der Waals surface area contributed by atoms with E-state index in [4.69, 9.17) is 11.6 Å². The number of fused-ring (bicyclic) bond motifs is 1. The molecule has 0 unspecified atom stereocenters. The lowest BCUT2D eigenvalue weighted by atomic mass is 9.99. The molecule has 138 valence electrons. The lowest BCUT2D eigenvalue weighted by Crippen LogP contribution is -2.34. The minimum atomic E-state index is 0.247. The monoisotopic (exact) mass is 378 g/mol. The molecule has 0 atom stereocenters. The summed E-state index contributed by atoms with van der Waals surface area (Å²) in [5.41, 5.74) is 4.93. The summed E-state index contributed by atoms with van der Waals surface area (Å²) in [6, 6.07) is 16.3. The number of carbonyl (C=O) groups excluding carboxylic acids is 1. The maximum absolute atomic E-state index is 12.6. The third kappa shape index (κ3) is 4.09. The summed E-state index contributed by atoms with van der Waals surface area (Å²) in [5, 5.41) is 1.90. The number of hydrogen-bond donors (Lipinski definition) is 1. The first-order valence-corrected chi connectivity index (χ1v) is 9.86. The first-order chi connectivity index (χ1) is 13.2. The average Bonchev–Trinajstić information content (AvgIpc) is 3.11. The number of aromatic amines is 1. The smallest absolute Gasteiger partial charge is 0.222 e. The molecule has 1 amide bonds. The molecule has 1 aliphatic heterocycles. The second kappa shape index (κ2) is 8.01. The van der Waals surface area contributed by atoms with E-state index in [-0.39, 0.29) is 5.91 Å².